The molecule has 5 heteroatoms. The number of benzene rings is 2. The van der Waals surface area contributed by atoms with Crippen molar-refractivity contribution in [1.29, 1.82) is 0 Å². The Morgan fingerprint density at radius 3 is 1.85 bits per heavy atom. The van der Waals surface area contributed by atoms with Crippen molar-refractivity contribution in [2.45, 2.75) is 45.4 Å². The molecule has 0 N–H and O–H groups in total. The summed E-state index contributed by atoms with van der Waals surface area (Å²) in [7, 11) is 0. The third kappa shape index (κ3) is 5.16. The fraction of sp³-hybridized carbons (Fsp3) is 0.333. The van der Waals surface area contributed by atoms with Gasteiger partial charge in [-0.25, -0.2) is 22.0 Å². The molecule has 0 aliphatic carbocycles. The van der Waals surface area contributed by atoms with Crippen molar-refractivity contribution in [3.63, 3.8) is 0 Å². The molecule has 0 atom stereocenters. The lowest BCUT2D eigenvalue weighted by Crippen LogP contribution is -1.94. The van der Waals surface area contributed by atoms with Crippen LogP contribution in [0.4, 0.5) is 22.0 Å². The normalized spacial score (nSPS) is 12.2. The molecule has 0 fully saturated rings. The largest absolute Gasteiger partial charge is 0.204 e. The molecule has 0 unspecified atom stereocenters. The quantitative estimate of drug-likeness (QED) is 0.197. The summed E-state index contributed by atoms with van der Waals surface area (Å²) in [6, 6.07) is 7.11. The van der Waals surface area contributed by atoms with Crippen LogP contribution in [0, 0.1) is 17.5 Å². The number of halogens is 5. The molecule has 0 nitrogen and oxygen atoms in total. The van der Waals surface area contributed by atoms with Crippen LogP contribution in [0.15, 0.2) is 36.4 Å². The average molecular weight is 368 g/mol. The van der Waals surface area contributed by atoms with Crippen molar-refractivity contribution in [3.05, 3.63) is 70.5 Å². The second-order valence-corrected chi connectivity index (χ2v) is 6.24. The SMILES string of the molecule is CCCCCCCc1ccc(/C(F)=C(\F)c2cc(F)c(F)c(F)c2)cc1. The highest BCUT2D eigenvalue weighted by Gasteiger charge is 2.17. The number of unbranched alkanes of at least 4 members (excludes halogenated alkanes) is 4. The Morgan fingerprint density at radius 1 is 0.731 bits per heavy atom. The fourth-order valence-electron chi connectivity index (χ4n) is 2.69. The highest BCUT2D eigenvalue weighted by atomic mass is 19.2. The minimum absolute atomic E-state index is 0.0395. The Hall–Kier alpha value is -2.17. The first-order chi connectivity index (χ1) is 12.4. The van der Waals surface area contributed by atoms with E-state index in [1.807, 2.05) is 0 Å². The lowest BCUT2D eigenvalue weighted by Gasteiger charge is -2.06. The van der Waals surface area contributed by atoms with Crippen molar-refractivity contribution in [2.24, 2.45) is 0 Å². The van der Waals surface area contributed by atoms with Crippen LogP contribution in [-0.4, -0.2) is 0 Å². The summed E-state index contributed by atoms with van der Waals surface area (Å²) in [5, 5.41) is 0. The van der Waals surface area contributed by atoms with Gasteiger partial charge in [0.2, 0.25) is 0 Å². The zero-order chi connectivity index (χ0) is 19.1. The van der Waals surface area contributed by atoms with Crippen molar-refractivity contribution in [1.82, 2.24) is 0 Å². The smallest absolute Gasteiger partial charge is 0.194 e. The lowest BCUT2D eigenvalue weighted by atomic mass is 10.0. The van der Waals surface area contributed by atoms with Crippen molar-refractivity contribution >= 4 is 11.7 Å². The van der Waals surface area contributed by atoms with Gasteiger partial charge in [0.05, 0.1) is 0 Å². The van der Waals surface area contributed by atoms with Gasteiger partial charge in [0.1, 0.15) is 0 Å². The summed E-state index contributed by atoms with van der Waals surface area (Å²) in [6.07, 6.45) is 6.57. The number of hydrogen-bond acceptors (Lipinski definition) is 0. The molecule has 0 radical (unpaired) electrons. The maximum Gasteiger partial charge on any atom is 0.194 e. The minimum Gasteiger partial charge on any atom is -0.204 e. The highest BCUT2D eigenvalue weighted by Crippen LogP contribution is 2.30. The molecule has 140 valence electrons. The molecule has 0 bridgehead atoms. The van der Waals surface area contributed by atoms with E-state index in [0.29, 0.717) is 12.1 Å². The van der Waals surface area contributed by atoms with Crippen LogP contribution < -0.4 is 0 Å². The predicted molar refractivity (Wildman–Crippen MR) is 94.3 cm³/mol. The molecule has 0 saturated heterocycles. The van der Waals surface area contributed by atoms with Gasteiger partial charge in [-0.1, -0.05) is 56.9 Å². The lowest BCUT2D eigenvalue weighted by molar-refractivity contribution is 0.446. The van der Waals surface area contributed by atoms with Gasteiger partial charge in [-0.05, 0) is 30.5 Å². The first kappa shape index (κ1) is 20.1. The number of hydrogen-bond donors (Lipinski definition) is 0. The molecule has 2 rings (SSSR count). The van der Waals surface area contributed by atoms with Crippen LogP contribution in [0.25, 0.3) is 11.7 Å². The molecular weight excluding hydrogens is 347 g/mol. The van der Waals surface area contributed by atoms with E-state index in [0.717, 1.165) is 24.8 Å². The fourth-order valence-corrected chi connectivity index (χ4v) is 2.69. The topological polar surface area (TPSA) is 0 Å². The Labute approximate surface area is 150 Å². The first-order valence-corrected chi connectivity index (χ1v) is 8.73. The Morgan fingerprint density at radius 2 is 1.27 bits per heavy atom. The summed E-state index contributed by atoms with van der Waals surface area (Å²) < 4.78 is 67.8. The van der Waals surface area contributed by atoms with Gasteiger partial charge in [0, 0.05) is 11.1 Å². The summed E-state index contributed by atoms with van der Waals surface area (Å²) in [4.78, 5) is 0. The van der Waals surface area contributed by atoms with E-state index in [4.69, 9.17) is 0 Å². The second kappa shape index (κ2) is 9.51. The maximum atomic E-state index is 14.3. The number of aryl methyl sites for hydroxylation is 1. The Kier molecular flexibility index (Phi) is 7.37. The summed E-state index contributed by atoms with van der Waals surface area (Å²) in [6.45, 7) is 2.15. The zero-order valence-corrected chi connectivity index (χ0v) is 14.6. The summed E-state index contributed by atoms with van der Waals surface area (Å²) in [5.74, 6) is -7.53. The van der Waals surface area contributed by atoms with Crippen LogP contribution in [0.2, 0.25) is 0 Å². The van der Waals surface area contributed by atoms with Crippen molar-refractivity contribution < 1.29 is 22.0 Å². The van der Waals surface area contributed by atoms with E-state index in [9.17, 15) is 22.0 Å². The molecule has 0 amide bonds. The van der Waals surface area contributed by atoms with E-state index < -0.39 is 34.7 Å². The average Bonchev–Trinajstić information content (AvgIpc) is 2.65. The number of rotatable bonds is 8. The minimum atomic E-state index is -1.72. The Balaban J connectivity index is 2.10. The standard InChI is InChI=1S/C21H21F5/c1-2-3-4-5-6-7-14-8-10-15(11-9-14)19(24)20(25)16-12-17(22)21(26)18(23)13-16/h8-13H,2-7H2,1H3/b20-19+. The van der Waals surface area contributed by atoms with Gasteiger partial charge in [-0.15, -0.1) is 0 Å². The molecule has 0 saturated carbocycles. The van der Waals surface area contributed by atoms with E-state index >= 15 is 0 Å². The summed E-state index contributed by atoms with van der Waals surface area (Å²) in [5.41, 5.74) is 0.290. The van der Waals surface area contributed by atoms with Gasteiger partial charge < -0.3 is 0 Å². The van der Waals surface area contributed by atoms with E-state index in [1.165, 1.54) is 31.4 Å². The molecule has 0 aliphatic rings. The first-order valence-electron chi connectivity index (χ1n) is 8.73. The monoisotopic (exact) mass is 368 g/mol. The van der Waals surface area contributed by atoms with Crippen LogP contribution in [-0.2, 0) is 6.42 Å². The molecule has 0 heterocycles. The third-order valence-electron chi connectivity index (χ3n) is 4.21. The molecule has 0 aliphatic heterocycles. The zero-order valence-electron chi connectivity index (χ0n) is 14.6. The molecule has 26 heavy (non-hydrogen) atoms. The van der Waals surface area contributed by atoms with E-state index in [-0.39, 0.29) is 5.56 Å². The van der Waals surface area contributed by atoms with Crippen LogP contribution in [0.3, 0.4) is 0 Å². The van der Waals surface area contributed by atoms with Crippen LogP contribution in [0.1, 0.15) is 55.7 Å². The predicted octanol–water partition coefficient (Wildman–Crippen LogP) is 7.38. The molecule has 2 aromatic rings. The second-order valence-electron chi connectivity index (χ2n) is 6.24. The van der Waals surface area contributed by atoms with Gasteiger partial charge >= 0.3 is 0 Å². The van der Waals surface area contributed by atoms with Gasteiger partial charge in [0.15, 0.2) is 29.1 Å². The summed E-state index contributed by atoms with van der Waals surface area (Å²) >= 11 is 0. The molecular formula is C21H21F5. The highest BCUT2D eigenvalue weighted by molar-refractivity contribution is 5.83. The van der Waals surface area contributed by atoms with Crippen LogP contribution in [0.5, 0.6) is 0 Å². The molecule has 2 aromatic carbocycles. The van der Waals surface area contributed by atoms with Gasteiger partial charge in [0.25, 0.3) is 0 Å². The van der Waals surface area contributed by atoms with Crippen LogP contribution >= 0.6 is 0 Å². The molecule has 0 spiro atoms. The van der Waals surface area contributed by atoms with Crippen molar-refractivity contribution in [2.75, 3.05) is 0 Å². The maximum absolute atomic E-state index is 14.3. The van der Waals surface area contributed by atoms with E-state index in [1.54, 1.807) is 12.1 Å². The van der Waals surface area contributed by atoms with E-state index in [2.05, 4.69) is 6.92 Å². The van der Waals surface area contributed by atoms with Gasteiger partial charge in [-0.2, -0.15) is 0 Å². The van der Waals surface area contributed by atoms with Gasteiger partial charge in [-0.3, -0.25) is 0 Å². The Bertz CT molecular complexity index is 739. The molecule has 0 aromatic heterocycles. The van der Waals surface area contributed by atoms with Crippen molar-refractivity contribution in [3.8, 4) is 0 Å². The third-order valence-corrected chi connectivity index (χ3v) is 4.21.